The van der Waals surface area contributed by atoms with Gasteiger partial charge in [-0.15, -0.1) is 0 Å². The highest BCUT2D eigenvalue weighted by Crippen LogP contribution is 2.24. The van der Waals surface area contributed by atoms with Crippen molar-refractivity contribution in [2.75, 3.05) is 19.0 Å². The number of carbonyl (C=O) groups is 1. The van der Waals surface area contributed by atoms with Gasteiger partial charge in [-0.25, -0.2) is 14.8 Å². The minimum Gasteiger partial charge on any atom is -0.463 e. The first-order chi connectivity index (χ1) is 10.1. The van der Waals surface area contributed by atoms with Gasteiger partial charge in [-0.2, -0.15) is 0 Å². The molecule has 2 aromatic rings. The van der Waals surface area contributed by atoms with E-state index in [2.05, 4.69) is 20.0 Å². The number of benzene rings is 1. The second-order valence-corrected chi connectivity index (χ2v) is 4.74. The molecule has 2 N–H and O–H groups in total. The van der Waals surface area contributed by atoms with E-state index in [4.69, 9.17) is 0 Å². The molecular weight excluding hydrogens is 270 g/mol. The lowest BCUT2D eigenvalue weighted by molar-refractivity contribution is 0.0587. The molecule has 1 aromatic carbocycles. The van der Waals surface area contributed by atoms with Gasteiger partial charge < -0.3 is 15.2 Å². The quantitative estimate of drug-likeness (QED) is 0.812. The Balaban J connectivity index is 2.29. The smallest absolute Gasteiger partial charge is 0.376 e. The molecule has 0 saturated carbocycles. The van der Waals surface area contributed by atoms with Crippen LogP contribution in [0.2, 0.25) is 0 Å². The first-order valence-corrected chi connectivity index (χ1v) is 6.45. The van der Waals surface area contributed by atoms with Crippen LogP contribution in [0, 0.1) is 0 Å². The number of nitrogens with zero attached hydrogens (tertiary/aromatic N) is 2. The zero-order valence-electron chi connectivity index (χ0n) is 11.9. The summed E-state index contributed by atoms with van der Waals surface area (Å²) in [5.74, 6) is -0.203. The fourth-order valence-electron chi connectivity index (χ4n) is 1.91. The summed E-state index contributed by atoms with van der Waals surface area (Å²) in [4.78, 5) is 19.4. The van der Waals surface area contributed by atoms with Crippen LogP contribution in [0.3, 0.4) is 0 Å². The standard InChI is InChI=1S/C15H17N3O3/c1-15(10-19,11-6-4-3-5-7-11)18-12-8-9-16-13(17-12)14(20)21-2/h3-9,19H,10H2,1-2H3,(H,16,17,18). The predicted octanol–water partition coefficient (Wildman–Crippen LogP) is 1.58. The van der Waals surface area contributed by atoms with Gasteiger partial charge in [0.25, 0.3) is 0 Å². The number of aromatic nitrogens is 2. The molecule has 6 nitrogen and oxygen atoms in total. The maximum Gasteiger partial charge on any atom is 0.376 e. The average molecular weight is 287 g/mol. The molecule has 1 atom stereocenters. The Morgan fingerprint density at radius 2 is 2.05 bits per heavy atom. The summed E-state index contributed by atoms with van der Waals surface area (Å²) in [7, 11) is 1.27. The van der Waals surface area contributed by atoms with Crippen LogP contribution in [0.15, 0.2) is 42.6 Å². The number of ether oxygens (including phenoxy) is 1. The molecule has 0 radical (unpaired) electrons. The Morgan fingerprint density at radius 1 is 1.33 bits per heavy atom. The van der Waals surface area contributed by atoms with Crippen molar-refractivity contribution in [3.8, 4) is 0 Å². The summed E-state index contributed by atoms with van der Waals surface area (Å²) in [6.45, 7) is 1.72. The molecule has 0 aliphatic carbocycles. The third-order valence-electron chi connectivity index (χ3n) is 3.15. The Labute approximate surface area is 122 Å². The van der Waals surface area contributed by atoms with Crippen molar-refractivity contribution >= 4 is 11.8 Å². The van der Waals surface area contributed by atoms with Gasteiger partial charge in [0.1, 0.15) is 5.82 Å². The summed E-state index contributed by atoms with van der Waals surface area (Å²) >= 11 is 0. The number of rotatable bonds is 5. The molecule has 6 heteroatoms. The normalized spacial score (nSPS) is 13.3. The van der Waals surface area contributed by atoms with E-state index in [0.717, 1.165) is 5.56 Å². The fraction of sp³-hybridized carbons (Fsp3) is 0.267. The molecule has 1 heterocycles. The van der Waals surface area contributed by atoms with Crippen molar-refractivity contribution in [2.45, 2.75) is 12.5 Å². The SMILES string of the molecule is COC(=O)c1nccc(NC(C)(CO)c2ccccc2)n1. The summed E-state index contributed by atoms with van der Waals surface area (Å²) < 4.78 is 4.59. The van der Waals surface area contributed by atoms with Gasteiger partial charge in [-0.05, 0) is 18.6 Å². The lowest BCUT2D eigenvalue weighted by Crippen LogP contribution is -2.36. The maximum atomic E-state index is 11.4. The number of nitrogens with one attached hydrogen (secondary N) is 1. The van der Waals surface area contributed by atoms with Crippen LogP contribution in [0.25, 0.3) is 0 Å². The van der Waals surface area contributed by atoms with E-state index in [9.17, 15) is 9.90 Å². The first kappa shape index (κ1) is 14.9. The molecule has 0 amide bonds. The van der Waals surface area contributed by atoms with Gasteiger partial charge in [0.05, 0.1) is 19.3 Å². The summed E-state index contributed by atoms with van der Waals surface area (Å²) in [6.07, 6.45) is 1.46. The van der Waals surface area contributed by atoms with Crippen molar-refractivity contribution < 1.29 is 14.6 Å². The number of aliphatic hydroxyl groups is 1. The monoisotopic (exact) mass is 287 g/mol. The molecule has 110 valence electrons. The number of methoxy groups -OCH3 is 1. The molecule has 2 rings (SSSR count). The number of hydrogen-bond donors (Lipinski definition) is 2. The number of aliphatic hydroxyl groups excluding tert-OH is 1. The Kier molecular flexibility index (Phi) is 4.49. The molecular formula is C15H17N3O3. The van der Waals surface area contributed by atoms with E-state index in [0.29, 0.717) is 5.82 Å². The van der Waals surface area contributed by atoms with Gasteiger partial charge in [-0.3, -0.25) is 0 Å². The molecule has 0 aliphatic rings. The molecule has 1 aromatic heterocycles. The van der Waals surface area contributed by atoms with Crippen LogP contribution in [0.5, 0.6) is 0 Å². The zero-order chi connectivity index (χ0) is 15.3. The second kappa shape index (κ2) is 6.32. The Morgan fingerprint density at radius 3 is 2.67 bits per heavy atom. The molecule has 21 heavy (non-hydrogen) atoms. The van der Waals surface area contributed by atoms with Crippen LogP contribution in [0.1, 0.15) is 23.1 Å². The van der Waals surface area contributed by atoms with Crippen LogP contribution in [-0.4, -0.2) is 34.8 Å². The van der Waals surface area contributed by atoms with E-state index in [-0.39, 0.29) is 12.4 Å². The molecule has 1 unspecified atom stereocenters. The molecule has 0 spiro atoms. The van der Waals surface area contributed by atoms with Crippen molar-refractivity contribution in [1.82, 2.24) is 9.97 Å². The van der Waals surface area contributed by atoms with Crippen molar-refractivity contribution in [3.05, 3.63) is 54.0 Å². The van der Waals surface area contributed by atoms with E-state index in [1.807, 2.05) is 37.3 Å². The minimum atomic E-state index is -0.719. The summed E-state index contributed by atoms with van der Waals surface area (Å²) in [5.41, 5.74) is 0.189. The molecule has 0 saturated heterocycles. The topological polar surface area (TPSA) is 84.3 Å². The summed E-state index contributed by atoms with van der Waals surface area (Å²) in [5, 5.41) is 12.9. The van der Waals surface area contributed by atoms with Crippen molar-refractivity contribution in [1.29, 1.82) is 0 Å². The lowest BCUT2D eigenvalue weighted by atomic mass is 9.93. The first-order valence-electron chi connectivity index (χ1n) is 6.45. The predicted molar refractivity (Wildman–Crippen MR) is 77.9 cm³/mol. The third kappa shape index (κ3) is 3.35. The maximum absolute atomic E-state index is 11.4. The average Bonchev–Trinajstić information content (AvgIpc) is 2.55. The largest absolute Gasteiger partial charge is 0.463 e. The minimum absolute atomic E-state index is 0.0316. The Bertz CT molecular complexity index is 619. The van der Waals surface area contributed by atoms with Gasteiger partial charge in [0.2, 0.25) is 5.82 Å². The van der Waals surface area contributed by atoms with Gasteiger partial charge in [0, 0.05) is 6.20 Å². The highest BCUT2D eigenvalue weighted by Gasteiger charge is 2.26. The number of hydrogen-bond acceptors (Lipinski definition) is 6. The third-order valence-corrected chi connectivity index (χ3v) is 3.15. The van der Waals surface area contributed by atoms with E-state index >= 15 is 0 Å². The fourth-order valence-corrected chi connectivity index (χ4v) is 1.91. The van der Waals surface area contributed by atoms with Crippen LogP contribution >= 0.6 is 0 Å². The Hall–Kier alpha value is -2.47. The van der Waals surface area contributed by atoms with E-state index < -0.39 is 11.5 Å². The van der Waals surface area contributed by atoms with Crippen LogP contribution in [-0.2, 0) is 10.3 Å². The molecule has 0 fully saturated rings. The van der Waals surface area contributed by atoms with Crippen LogP contribution in [0.4, 0.5) is 5.82 Å². The van der Waals surface area contributed by atoms with Gasteiger partial charge >= 0.3 is 5.97 Å². The van der Waals surface area contributed by atoms with Crippen molar-refractivity contribution in [3.63, 3.8) is 0 Å². The second-order valence-electron chi connectivity index (χ2n) is 4.74. The highest BCUT2D eigenvalue weighted by molar-refractivity contribution is 5.85. The number of carbonyl (C=O) groups excluding carboxylic acids is 1. The molecule has 0 aliphatic heterocycles. The lowest BCUT2D eigenvalue weighted by Gasteiger charge is -2.29. The van der Waals surface area contributed by atoms with E-state index in [1.54, 1.807) is 6.07 Å². The molecule has 0 bridgehead atoms. The number of anilines is 1. The number of esters is 1. The zero-order valence-corrected chi connectivity index (χ0v) is 11.9. The van der Waals surface area contributed by atoms with Crippen LogP contribution < -0.4 is 5.32 Å². The summed E-state index contributed by atoms with van der Waals surface area (Å²) in [6, 6.07) is 11.1. The van der Waals surface area contributed by atoms with Gasteiger partial charge in [0.15, 0.2) is 0 Å². The highest BCUT2D eigenvalue weighted by atomic mass is 16.5. The van der Waals surface area contributed by atoms with E-state index in [1.165, 1.54) is 13.3 Å². The van der Waals surface area contributed by atoms with Gasteiger partial charge in [-0.1, -0.05) is 30.3 Å². The van der Waals surface area contributed by atoms with Crippen molar-refractivity contribution in [2.24, 2.45) is 0 Å².